The summed E-state index contributed by atoms with van der Waals surface area (Å²) in [4.78, 5) is 10.5. The predicted octanol–water partition coefficient (Wildman–Crippen LogP) is 1.32. The van der Waals surface area contributed by atoms with Crippen molar-refractivity contribution < 1.29 is 27.4 Å². The van der Waals surface area contributed by atoms with Gasteiger partial charge >= 0.3 is 5.97 Å². The average molecular weight is 305 g/mol. The number of carboxylic acids is 1. The minimum atomic E-state index is -4.06. The minimum Gasteiger partial charge on any atom is -0.495 e. The van der Waals surface area contributed by atoms with E-state index in [9.17, 15) is 17.6 Å². The highest BCUT2D eigenvalue weighted by Gasteiger charge is 2.29. The molecule has 0 unspecified atom stereocenters. The molecule has 0 saturated carbocycles. The second kappa shape index (κ2) is 6.67. The highest BCUT2D eigenvalue weighted by atomic mass is 32.2. The number of ether oxygens (including phenoxy) is 1. The van der Waals surface area contributed by atoms with E-state index in [4.69, 9.17) is 9.84 Å². The van der Waals surface area contributed by atoms with Crippen LogP contribution >= 0.6 is 0 Å². The quantitative estimate of drug-likeness (QED) is 0.821. The second-order valence-corrected chi connectivity index (χ2v) is 5.93. The molecule has 0 heterocycles. The number of nitrogens with zero attached hydrogens (tertiary/aromatic N) is 1. The molecule has 0 aliphatic heterocycles. The van der Waals surface area contributed by atoms with Gasteiger partial charge in [0.2, 0.25) is 10.0 Å². The summed E-state index contributed by atoms with van der Waals surface area (Å²) in [7, 11) is -2.84. The first-order valence-corrected chi connectivity index (χ1v) is 7.32. The molecule has 0 radical (unpaired) electrons. The van der Waals surface area contributed by atoms with Crippen molar-refractivity contribution in [3.63, 3.8) is 0 Å². The third-order valence-electron chi connectivity index (χ3n) is 2.53. The molecule has 1 aromatic rings. The van der Waals surface area contributed by atoms with Gasteiger partial charge in [0.1, 0.15) is 23.0 Å². The molecule has 1 aromatic carbocycles. The number of rotatable bonds is 7. The van der Waals surface area contributed by atoms with Gasteiger partial charge in [0.25, 0.3) is 0 Å². The summed E-state index contributed by atoms with van der Waals surface area (Å²) < 4.78 is 43.6. The van der Waals surface area contributed by atoms with Crippen LogP contribution in [-0.2, 0) is 14.8 Å². The lowest BCUT2D eigenvalue weighted by Gasteiger charge is -2.20. The van der Waals surface area contributed by atoms with E-state index in [1.807, 2.05) is 0 Å². The average Bonchev–Trinajstić information content (AvgIpc) is 2.37. The Hall–Kier alpha value is -1.67. The van der Waals surface area contributed by atoms with Crippen molar-refractivity contribution in [1.82, 2.24) is 4.31 Å². The van der Waals surface area contributed by atoms with Crippen LogP contribution in [-0.4, -0.2) is 44.0 Å². The Morgan fingerprint density at radius 1 is 1.45 bits per heavy atom. The zero-order valence-corrected chi connectivity index (χ0v) is 12.0. The number of halogens is 1. The fraction of sp³-hybridized carbons (Fsp3) is 0.417. The van der Waals surface area contributed by atoms with Crippen LogP contribution in [0.5, 0.6) is 5.75 Å². The zero-order chi connectivity index (χ0) is 15.3. The normalized spacial score (nSPS) is 11.6. The van der Waals surface area contributed by atoms with Crippen LogP contribution in [0.4, 0.5) is 4.39 Å². The molecular weight excluding hydrogens is 289 g/mol. The van der Waals surface area contributed by atoms with E-state index in [2.05, 4.69) is 0 Å². The molecule has 0 saturated heterocycles. The van der Waals surface area contributed by atoms with Gasteiger partial charge in [-0.2, -0.15) is 4.31 Å². The molecule has 0 fully saturated rings. The van der Waals surface area contributed by atoms with Crippen LogP contribution < -0.4 is 4.74 Å². The fourth-order valence-electron chi connectivity index (χ4n) is 1.68. The molecule has 0 aliphatic carbocycles. The Labute approximate surface area is 116 Å². The van der Waals surface area contributed by atoms with Crippen molar-refractivity contribution >= 4 is 16.0 Å². The summed E-state index contributed by atoms with van der Waals surface area (Å²) in [6.45, 7) is 1.12. The van der Waals surface area contributed by atoms with Crippen LogP contribution in [0.3, 0.4) is 0 Å². The van der Waals surface area contributed by atoms with Crippen molar-refractivity contribution in [1.29, 1.82) is 0 Å². The van der Waals surface area contributed by atoms with E-state index in [1.54, 1.807) is 6.92 Å². The molecule has 112 valence electrons. The van der Waals surface area contributed by atoms with E-state index in [-0.39, 0.29) is 17.2 Å². The Kier molecular flexibility index (Phi) is 5.46. The predicted molar refractivity (Wildman–Crippen MR) is 69.6 cm³/mol. The molecule has 0 bridgehead atoms. The van der Waals surface area contributed by atoms with Gasteiger partial charge in [0.05, 0.1) is 7.11 Å². The summed E-state index contributed by atoms with van der Waals surface area (Å²) in [5.41, 5.74) is 0. The molecule has 6 nitrogen and oxygen atoms in total. The smallest absolute Gasteiger partial charge is 0.318 e. The van der Waals surface area contributed by atoms with Gasteiger partial charge in [-0.25, -0.2) is 12.8 Å². The first kappa shape index (κ1) is 16.4. The number of sulfonamides is 1. The van der Waals surface area contributed by atoms with E-state index in [0.29, 0.717) is 6.42 Å². The van der Waals surface area contributed by atoms with Crippen LogP contribution in [0.25, 0.3) is 0 Å². The van der Waals surface area contributed by atoms with E-state index in [0.717, 1.165) is 22.5 Å². The largest absolute Gasteiger partial charge is 0.495 e. The number of methoxy groups -OCH3 is 1. The van der Waals surface area contributed by atoms with Gasteiger partial charge in [-0.05, 0) is 18.6 Å². The van der Waals surface area contributed by atoms with Crippen LogP contribution in [0, 0.1) is 5.82 Å². The first-order valence-electron chi connectivity index (χ1n) is 5.88. The number of hydrogen-bond donors (Lipinski definition) is 1. The van der Waals surface area contributed by atoms with E-state index < -0.39 is 28.4 Å². The topological polar surface area (TPSA) is 83.9 Å². The monoisotopic (exact) mass is 305 g/mol. The maximum absolute atomic E-state index is 13.1. The molecule has 0 spiro atoms. The molecule has 0 atom stereocenters. The third-order valence-corrected chi connectivity index (χ3v) is 4.41. The standard InChI is InChI=1S/C12H16FNO5S/c1-3-6-14(8-12(15)16)20(17,18)11-5-4-9(13)7-10(11)19-2/h4-5,7H,3,6,8H2,1-2H3,(H,15,16). The van der Waals surface area contributed by atoms with Crippen molar-refractivity contribution in [3.8, 4) is 5.75 Å². The van der Waals surface area contributed by atoms with Gasteiger partial charge in [0, 0.05) is 12.6 Å². The lowest BCUT2D eigenvalue weighted by atomic mass is 10.3. The van der Waals surface area contributed by atoms with Crippen LogP contribution in [0.15, 0.2) is 23.1 Å². The summed E-state index contributed by atoms with van der Waals surface area (Å²) in [5, 5.41) is 8.79. The van der Waals surface area contributed by atoms with Crippen LogP contribution in [0.2, 0.25) is 0 Å². The number of carbonyl (C=O) groups is 1. The molecule has 1 N–H and O–H groups in total. The van der Waals surface area contributed by atoms with Gasteiger partial charge in [-0.1, -0.05) is 6.92 Å². The summed E-state index contributed by atoms with van der Waals surface area (Å²) >= 11 is 0. The highest BCUT2D eigenvalue weighted by Crippen LogP contribution is 2.27. The zero-order valence-electron chi connectivity index (χ0n) is 11.2. The molecule has 0 aromatic heterocycles. The molecule has 20 heavy (non-hydrogen) atoms. The minimum absolute atomic E-state index is 0.0508. The van der Waals surface area contributed by atoms with Gasteiger partial charge < -0.3 is 9.84 Å². The lowest BCUT2D eigenvalue weighted by molar-refractivity contribution is -0.137. The van der Waals surface area contributed by atoms with E-state index >= 15 is 0 Å². The Morgan fingerprint density at radius 3 is 2.60 bits per heavy atom. The summed E-state index contributed by atoms with van der Waals surface area (Å²) in [5.74, 6) is -2.05. The molecule has 1 rings (SSSR count). The van der Waals surface area contributed by atoms with Crippen molar-refractivity contribution in [2.24, 2.45) is 0 Å². The maximum Gasteiger partial charge on any atom is 0.318 e. The van der Waals surface area contributed by atoms with Gasteiger partial charge in [-0.3, -0.25) is 4.79 Å². The summed E-state index contributed by atoms with van der Waals surface area (Å²) in [6.07, 6.45) is 0.454. The summed E-state index contributed by atoms with van der Waals surface area (Å²) in [6, 6.07) is 2.99. The number of hydrogen-bond acceptors (Lipinski definition) is 4. The third kappa shape index (κ3) is 3.67. The first-order chi connectivity index (χ1) is 9.32. The molecular formula is C12H16FNO5S. The van der Waals surface area contributed by atoms with Gasteiger partial charge in [-0.15, -0.1) is 0 Å². The van der Waals surface area contributed by atoms with Crippen molar-refractivity contribution in [2.45, 2.75) is 18.2 Å². The molecule has 8 heteroatoms. The highest BCUT2D eigenvalue weighted by molar-refractivity contribution is 7.89. The van der Waals surface area contributed by atoms with Crippen molar-refractivity contribution in [2.75, 3.05) is 20.2 Å². The number of aliphatic carboxylic acids is 1. The SMILES string of the molecule is CCCN(CC(=O)O)S(=O)(=O)c1ccc(F)cc1OC. The number of carboxylic acid groups (broad SMARTS) is 1. The van der Waals surface area contributed by atoms with E-state index in [1.165, 1.54) is 7.11 Å². The molecule has 0 amide bonds. The van der Waals surface area contributed by atoms with Crippen LogP contribution in [0.1, 0.15) is 13.3 Å². The Bertz CT molecular complexity index is 588. The number of benzene rings is 1. The fourth-order valence-corrected chi connectivity index (χ4v) is 3.30. The lowest BCUT2D eigenvalue weighted by Crippen LogP contribution is -2.36. The van der Waals surface area contributed by atoms with Crippen molar-refractivity contribution in [3.05, 3.63) is 24.0 Å². The maximum atomic E-state index is 13.1. The Morgan fingerprint density at radius 2 is 2.10 bits per heavy atom. The van der Waals surface area contributed by atoms with Gasteiger partial charge in [0.15, 0.2) is 0 Å². The molecule has 0 aliphatic rings. The Balaban J connectivity index is 3.28. The second-order valence-electron chi connectivity index (χ2n) is 4.03.